The quantitative estimate of drug-likeness (QED) is 0.773. The van der Waals surface area contributed by atoms with Gasteiger partial charge in [-0.1, -0.05) is 81.4 Å². The molecule has 1 aliphatic heterocycles. The highest BCUT2D eigenvalue weighted by Crippen LogP contribution is 2.59. The highest BCUT2D eigenvalue weighted by Gasteiger charge is 2.64. The van der Waals surface area contributed by atoms with Crippen molar-refractivity contribution in [3.05, 3.63) is 71.8 Å². The van der Waals surface area contributed by atoms with E-state index in [4.69, 9.17) is 0 Å². The van der Waals surface area contributed by atoms with Crippen LogP contribution in [0.1, 0.15) is 50.8 Å². The van der Waals surface area contributed by atoms with Gasteiger partial charge in [0.05, 0.1) is 11.5 Å². The lowest BCUT2D eigenvalue weighted by Crippen LogP contribution is -2.60. The minimum Gasteiger partial charge on any atom is -0.344 e. The Kier molecular flexibility index (Phi) is 5.00. The summed E-state index contributed by atoms with van der Waals surface area (Å²) in [6.45, 7) is 5.69. The van der Waals surface area contributed by atoms with E-state index < -0.39 is 5.41 Å². The Hall–Kier alpha value is -2.95. The lowest BCUT2D eigenvalue weighted by atomic mass is 9.62. The first-order valence-electron chi connectivity index (χ1n) is 10.5. The Balaban J connectivity index is 1.56. The second-order valence-corrected chi connectivity index (χ2v) is 9.20. The zero-order valence-electron chi connectivity index (χ0n) is 17.7. The number of nitrogens with zero attached hydrogens (tertiary/aromatic N) is 1. The molecule has 4 rings (SSSR count). The van der Waals surface area contributed by atoms with Gasteiger partial charge in [0, 0.05) is 5.92 Å². The van der Waals surface area contributed by atoms with Crippen molar-refractivity contribution in [2.75, 3.05) is 6.54 Å². The van der Waals surface area contributed by atoms with E-state index in [1.807, 2.05) is 81.4 Å². The van der Waals surface area contributed by atoms with Crippen molar-refractivity contribution in [2.45, 2.75) is 39.7 Å². The molecule has 30 heavy (non-hydrogen) atoms. The Labute approximate surface area is 177 Å². The number of carbonyl (C=O) groups is 3. The van der Waals surface area contributed by atoms with Gasteiger partial charge in [0.1, 0.15) is 6.54 Å². The smallest absolute Gasteiger partial charge is 0.240 e. The Morgan fingerprint density at radius 3 is 2.07 bits per heavy atom. The fourth-order valence-corrected chi connectivity index (χ4v) is 5.05. The van der Waals surface area contributed by atoms with Crippen molar-refractivity contribution in [1.29, 1.82) is 0 Å². The first-order chi connectivity index (χ1) is 14.3. The van der Waals surface area contributed by atoms with Crippen LogP contribution < -0.4 is 5.32 Å². The summed E-state index contributed by atoms with van der Waals surface area (Å²) in [7, 11) is 0. The lowest BCUT2D eigenvalue weighted by molar-refractivity contribution is -0.169. The number of carbonyl (C=O) groups excluding carboxylic acids is 3. The van der Waals surface area contributed by atoms with Crippen LogP contribution >= 0.6 is 0 Å². The second-order valence-electron chi connectivity index (χ2n) is 9.20. The summed E-state index contributed by atoms with van der Waals surface area (Å²) in [5.41, 5.74) is 0.900. The molecule has 2 bridgehead atoms. The molecule has 2 fully saturated rings. The molecule has 2 unspecified atom stereocenters. The summed E-state index contributed by atoms with van der Waals surface area (Å²) in [6.07, 6.45) is 1.38. The number of amides is 3. The molecule has 0 spiro atoms. The van der Waals surface area contributed by atoms with Crippen molar-refractivity contribution in [2.24, 2.45) is 16.7 Å². The Morgan fingerprint density at radius 2 is 1.53 bits per heavy atom. The Morgan fingerprint density at radius 1 is 1.00 bits per heavy atom. The van der Waals surface area contributed by atoms with Crippen LogP contribution in [-0.4, -0.2) is 29.2 Å². The topological polar surface area (TPSA) is 66.5 Å². The summed E-state index contributed by atoms with van der Waals surface area (Å²) >= 11 is 0. The van der Waals surface area contributed by atoms with Gasteiger partial charge in [-0.25, -0.2) is 0 Å². The molecule has 5 heteroatoms. The predicted molar refractivity (Wildman–Crippen MR) is 114 cm³/mol. The van der Waals surface area contributed by atoms with E-state index >= 15 is 0 Å². The first kappa shape index (κ1) is 20.3. The maximum Gasteiger partial charge on any atom is 0.240 e. The van der Waals surface area contributed by atoms with Gasteiger partial charge in [-0.15, -0.1) is 0 Å². The predicted octanol–water partition coefficient (Wildman–Crippen LogP) is 3.70. The minimum atomic E-state index is -0.607. The standard InChI is InChI=1S/C25H28N2O3/c1-24(2)19-14-15-25(24,3)23(30)27(22(19)29)16-20(28)26-21(17-10-6-4-7-11-17)18-12-8-5-9-13-18/h4-13,19,21H,14-16H2,1-3H3,(H,26,28). The van der Waals surface area contributed by atoms with Gasteiger partial charge < -0.3 is 5.32 Å². The molecule has 2 aromatic rings. The van der Waals surface area contributed by atoms with E-state index in [0.717, 1.165) is 11.1 Å². The van der Waals surface area contributed by atoms with E-state index in [0.29, 0.717) is 12.8 Å². The molecule has 0 radical (unpaired) electrons. The molecular weight excluding hydrogens is 376 g/mol. The molecule has 1 saturated heterocycles. The normalized spacial score (nSPS) is 24.9. The van der Waals surface area contributed by atoms with Gasteiger partial charge in [0.15, 0.2) is 0 Å². The number of fused-ring (bicyclic) bond motifs is 2. The van der Waals surface area contributed by atoms with Gasteiger partial charge in [-0.2, -0.15) is 0 Å². The van der Waals surface area contributed by atoms with Crippen molar-refractivity contribution >= 4 is 17.7 Å². The number of hydrogen-bond donors (Lipinski definition) is 1. The highest BCUT2D eigenvalue weighted by molar-refractivity contribution is 6.06. The lowest BCUT2D eigenvalue weighted by Gasteiger charge is -2.47. The number of imide groups is 1. The van der Waals surface area contributed by atoms with Gasteiger partial charge in [0.2, 0.25) is 17.7 Å². The third-order valence-electron chi connectivity index (χ3n) is 7.38. The average Bonchev–Trinajstić information content (AvgIpc) is 2.94. The third kappa shape index (κ3) is 3.13. The van der Waals surface area contributed by atoms with E-state index in [-0.39, 0.29) is 41.6 Å². The molecule has 1 saturated carbocycles. The molecule has 156 valence electrons. The maximum atomic E-state index is 13.2. The molecule has 1 heterocycles. The fourth-order valence-electron chi connectivity index (χ4n) is 5.05. The largest absolute Gasteiger partial charge is 0.344 e. The van der Waals surface area contributed by atoms with E-state index in [1.54, 1.807) is 0 Å². The number of benzene rings is 2. The molecule has 0 aromatic heterocycles. The molecule has 2 atom stereocenters. The van der Waals surface area contributed by atoms with Crippen molar-refractivity contribution in [1.82, 2.24) is 10.2 Å². The van der Waals surface area contributed by atoms with Gasteiger partial charge in [-0.05, 0) is 29.4 Å². The van der Waals surface area contributed by atoms with E-state index in [1.165, 1.54) is 4.90 Å². The van der Waals surface area contributed by atoms with E-state index in [9.17, 15) is 14.4 Å². The molecule has 5 nitrogen and oxygen atoms in total. The summed E-state index contributed by atoms with van der Waals surface area (Å²) in [5, 5.41) is 3.04. The number of piperidine rings is 1. The van der Waals surface area contributed by atoms with Gasteiger partial charge >= 0.3 is 0 Å². The number of likely N-dealkylation sites (tertiary alicyclic amines) is 1. The van der Waals surface area contributed by atoms with Crippen LogP contribution in [0.5, 0.6) is 0 Å². The van der Waals surface area contributed by atoms with Gasteiger partial charge in [-0.3, -0.25) is 19.3 Å². The molecule has 3 amide bonds. The SMILES string of the molecule is CC12CCC(C(=O)N(CC(=O)NC(c3ccccc3)c3ccccc3)C1=O)C2(C)C. The second kappa shape index (κ2) is 7.38. The van der Waals surface area contributed by atoms with Crippen LogP contribution in [0.4, 0.5) is 0 Å². The molecular formula is C25H28N2O3. The average molecular weight is 405 g/mol. The molecule has 1 N–H and O–H groups in total. The number of nitrogens with one attached hydrogen (secondary N) is 1. The first-order valence-corrected chi connectivity index (χ1v) is 10.5. The van der Waals surface area contributed by atoms with Crippen molar-refractivity contribution in [3.63, 3.8) is 0 Å². The Bertz CT molecular complexity index is 931. The summed E-state index contributed by atoms with van der Waals surface area (Å²) in [5.74, 6) is -0.993. The van der Waals surface area contributed by atoms with Crippen LogP contribution in [0.2, 0.25) is 0 Å². The summed E-state index contributed by atoms with van der Waals surface area (Å²) in [6, 6.07) is 19.0. The molecule has 1 aliphatic carbocycles. The zero-order valence-corrected chi connectivity index (χ0v) is 17.7. The van der Waals surface area contributed by atoms with Crippen LogP contribution in [0.15, 0.2) is 60.7 Å². The monoisotopic (exact) mass is 404 g/mol. The third-order valence-corrected chi connectivity index (χ3v) is 7.38. The molecule has 2 aliphatic rings. The maximum absolute atomic E-state index is 13.2. The van der Waals surface area contributed by atoms with Crippen molar-refractivity contribution in [3.8, 4) is 0 Å². The number of rotatable bonds is 5. The summed E-state index contributed by atoms with van der Waals surface area (Å²) in [4.78, 5) is 40.4. The van der Waals surface area contributed by atoms with Crippen LogP contribution in [0.3, 0.4) is 0 Å². The van der Waals surface area contributed by atoms with E-state index in [2.05, 4.69) is 5.32 Å². The van der Waals surface area contributed by atoms with Crippen molar-refractivity contribution < 1.29 is 14.4 Å². The number of hydrogen-bond acceptors (Lipinski definition) is 3. The van der Waals surface area contributed by atoms with Crippen LogP contribution in [0, 0.1) is 16.7 Å². The fraction of sp³-hybridized carbons (Fsp3) is 0.400. The molecule has 2 aromatic carbocycles. The van der Waals surface area contributed by atoms with Crippen LogP contribution in [-0.2, 0) is 14.4 Å². The van der Waals surface area contributed by atoms with Crippen LogP contribution in [0.25, 0.3) is 0 Å². The highest BCUT2D eigenvalue weighted by atomic mass is 16.2. The zero-order chi connectivity index (χ0) is 21.5. The minimum absolute atomic E-state index is 0.216. The summed E-state index contributed by atoms with van der Waals surface area (Å²) < 4.78 is 0. The van der Waals surface area contributed by atoms with Gasteiger partial charge in [0.25, 0.3) is 0 Å².